The van der Waals surface area contributed by atoms with Crippen LogP contribution < -0.4 is 11.1 Å². The van der Waals surface area contributed by atoms with Crippen molar-refractivity contribution in [2.75, 3.05) is 13.1 Å². The van der Waals surface area contributed by atoms with E-state index in [1.165, 1.54) is 37.0 Å². The van der Waals surface area contributed by atoms with Gasteiger partial charge in [0.05, 0.1) is 0 Å². The zero-order valence-corrected chi connectivity index (χ0v) is 21.3. The third kappa shape index (κ3) is 6.03. The van der Waals surface area contributed by atoms with E-state index in [1.54, 1.807) is 0 Å². The van der Waals surface area contributed by atoms with E-state index in [4.69, 9.17) is 5.73 Å². The minimum absolute atomic E-state index is 0.0608. The number of carbonyl (C=O) groups is 2. The van der Waals surface area contributed by atoms with Crippen molar-refractivity contribution >= 4 is 23.2 Å². The third-order valence-corrected chi connectivity index (χ3v) is 9.44. The van der Waals surface area contributed by atoms with Crippen LogP contribution in [0.4, 0.5) is 0 Å². The van der Waals surface area contributed by atoms with E-state index in [0.717, 1.165) is 64.0 Å². The summed E-state index contributed by atoms with van der Waals surface area (Å²) in [6.45, 7) is 2.71. The second kappa shape index (κ2) is 11.1. The van der Waals surface area contributed by atoms with E-state index in [1.807, 2.05) is 16.2 Å². The molecule has 4 aliphatic rings. The fraction of sp³-hybridized carbons (Fsp3) is 0.778. The van der Waals surface area contributed by atoms with Gasteiger partial charge in [0, 0.05) is 48.6 Å². The number of thiophene rings is 1. The van der Waals surface area contributed by atoms with Gasteiger partial charge in [-0.1, -0.05) is 25.3 Å². The molecule has 188 valence electrons. The van der Waals surface area contributed by atoms with E-state index < -0.39 is 0 Å². The second-order valence-electron chi connectivity index (χ2n) is 11.3. The Morgan fingerprint density at radius 3 is 2.50 bits per heavy atom. The molecular formula is C27H42N4O2S. The van der Waals surface area contributed by atoms with Crippen LogP contribution in [0.5, 0.6) is 0 Å². The molecule has 2 unspecified atom stereocenters. The Balaban J connectivity index is 1.29. The minimum Gasteiger partial charge on any atom is -0.352 e. The first-order valence-electron chi connectivity index (χ1n) is 13.7. The maximum Gasteiger partial charge on any atom is 0.243 e. The highest BCUT2D eigenvalue weighted by molar-refractivity contribution is 7.09. The van der Waals surface area contributed by atoms with Crippen molar-refractivity contribution < 1.29 is 9.59 Å². The quantitative estimate of drug-likeness (QED) is 0.584. The topological polar surface area (TPSA) is 78.7 Å². The lowest BCUT2D eigenvalue weighted by atomic mass is 9.88. The molecule has 2 atom stereocenters. The Morgan fingerprint density at radius 1 is 1.06 bits per heavy atom. The number of hydrogen-bond donors (Lipinski definition) is 2. The van der Waals surface area contributed by atoms with Gasteiger partial charge in [-0.3, -0.25) is 14.5 Å². The van der Waals surface area contributed by atoms with Crippen molar-refractivity contribution in [1.29, 1.82) is 0 Å². The van der Waals surface area contributed by atoms with Crippen LogP contribution in [0.25, 0.3) is 0 Å². The number of amides is 2. The van der Waals surface area contributed by atoms with Gasteiger partial charge in [0.2, 0.25) is 11.8 Å². The van der Waals surface area contributed by atoms with Crippen molar-refractivity contribution in [2.45, 2.75) is 108 Å². The molecule has 1 saturated heterocycles. The number of nitrogens with one attached hydrogen (secondary N) is 1. The lowest BCUT2D eigenvalue weighted by molar-refractivity contribution is -0.139. The van der Waals surface area contributed by atoms with Crippen LogP contribution in [0.3, 0.4) is 0 Å². The SMILES string of the molecule is NC1CCC(NC(=O)C2CC(N(Cc3cccs3)CC3CCCCC3)CN2C(=O)C2CC2)CC1. The van der Waals surface area contributed by atoms with Crippen molar-refractivity contribution in [1.82, 2.24) is 15.1 Å². The molecule has 2 amide bonds. The van der Waals surface area contributed by atoms with Crippen molar-refractivity contribution in [3.63, 3.8) is 0 Å². The Labute approximate surface area is 208 Å². The second-order valence-corrected chi connectivity index (χ2v) is 12.3. The summed E-state index contributed by atoms with van der Waals surface area (Å²) in [5.41, 5.74) is 6.07. The van der Waals surface area contributed by atoms with E-state index >= 15 is 0 Å². The highest BCUT2D eigenvalue weighted by atomic mass is 32.1. The predicted octanol–water partition coefficient (Wildman–Crippen LogP) is 3.90. The fourth-order valence-corrected chi connectivity index (χ4v) is 7.07. The number of nitrogens with two attached hydrogens (primary N) is 1. The average molecular weight is 487 g/mol. The Morgan fingerprint density at radius 2 is 1.82 bits per heavy atom. The van der Waals surface area contributed by atoms with Gasteiger partial charge >= 0.3 is 0 Å². The standard InChI is InChI=1S/C27H42N4O2S/c28-21-10-12-22(13-11-21)29-26(32)25-15-23(17-31(25)27(33)20-8-9-20)30(18-24-7-4-14-34-24)16-19-5-2-1-3-6-19/h4,7,14,19-23,25H,1-3,5-6,8-13,15-18,28H2,(H,29,32). The van der Waals surface area contributed by atoms with Gasteiger partial charge in [-0.25, -0.2) is 0 Å². The van der Waals surface area contributed by atoms with Gasteiger partial charge in [-0.15, -0.1) is 11.3 Å². The number of rotatable bonds is 8. The van der Waals surface area contributed by atoms with E-state index in [-0.39, 0.29) is 41.9 Å². The van der Waals surface area contributed by atoms with Crippen LogP contribution in [-0.4, -0.2) is 58.9 Å². The van der Waals surface area contributed by atoms with E-state index in [2.05, 4.69) is 27.7 Å². The maximum absolute atomic E-state index is 13.5. The number of likely N-dealkylation sites (tertiary alicyclic amines) is 1. The summed E-state index contributed by atoms with van der Waals surface area (Å²) in [6, 6.07) is 4.74. The highest BCUT2D eigenvalue weighted by Crippen LogP contribution is 2.36. The molecule has 1 aromatic rings. The Bertz CT molecular complexity index is 813. The first-order chi connectivity index (χ1) is 16.6. The Kier molecular flexibility index (Phi) is 7.91. The summed E-state index contributed by atoms with van der Waals surface area (Å²) in [5, 5.41) is 5.46. The molecule has 34 heavy (non-hydrogen) atoms. The predicted molar refractivity (Wildman–Crippen MR) is 136 cm³/mol. The van der Waals surface area contributed by atoms with Crippen LogP contribution in [0.1, 0.15) is 81.9 Å². The Hall–Kier alpha value is -1.44. The van der Waals surface area contributed by atoms with Crippen molar-refractivity contribution in [3.05, 3.63) is 22.4 Å². The molecule has 2 heterocycles. The van der Waals surface area contributed by atoms with E-state index in [9.17, 15) is 9.59 Å². The van der Waals surface area contributed by atoms with Crippen LogP contribution in [-0.2, 0) is 16.1 Å². The largest absolute Gasteiger partial charge is 0.352 e. The molecule has 3 N–H and O–H groups in total. The third-order valence-electron chi connectivity index (χ3n) is 8.58. The van der Waals surface area contributed by atoms with Crippen LogP contribution in [0.2, 0.25) is 0 Å². The van der Waals surface area contributed by atoms with Gasteiger partial charge in [0.15, 0.2) is 0 Å². The molecule has 0 radical (unpaired) electrons. The maximum atomic E-state index is 13.5. The minimum atomic E-state index is -0.328. The zero-order valence-electron chi connectivity index (χ0n) is 20.5. The van der Waals surface area contributed by atoms with Gasteiger partial charge in [-0.2, -0.15) is 0 Å². The summed E-state index contributed by atoms with van der Waals surface area (Å²) in [4.78, 5) is 32.7. The smallest absolute Gasteiger partial charge is 0.243 e. The molecule has 1 aliphatic heterocycles. The lowest BCUT2D eigenvalue weighted by Gasteiger charge is -2.33. The molecule has 3 saturated carbocycles. The van der Waals surface area contributed by atoms with Crippen LogP contribution in [0, 0.1) is 11.8 Å². The molecule has 7 heteroatoms. The van der Waals surface area contributed by atoms with E-state index in [0.29, 0.717) is 6.54 Å². The number of nitrogens with zero attached hydrogens (tertiary/aromatic N) is 2. The van der Waals surface area contributed by atoms with Crippen LogP contribution in [0.15, 0.2) is 17.5 Å². The summed E-state index contributed by atoms with van der Waals surface area (Å²) in [7, 11) is 0. The molecular weight excluding hydrogens is 444 g/mol. The highest BCUT2D eigenvalue weighted by Gasteiger charge is 2.46. The molecule has 5 rings (SSSR count). The summed E-state index contributed by atoms with van der Waals surface area (Å²) >= 11 is 1.81. The van der Waals surface area contributed by atoms with Crippen LogP contribution >= 0.6 is 11.3 Å². The normalized spacial score (nSPS) is 30.6. The zero-order chi connectivity index (χ0) is 23.5. The first-order valence-corrected chi connectivity index (χ1v) is 14.6. The van der Waals surface area contributed by atoms with Gasteiger partial charge in [0.1, 0.15) is 6.04 Å². The summed E-state index contributed by atoms with van der Waals surface area (Å²) in [5.74, 6) is 1.15. The molecule has 3 aliphatic carbocycles. The summed E-state index contributed by atoms with van der Waals surface area (Å²) in [6.07, 6.45) is 13.2. The van der Waals surface area contributed by atoms with Crippen molar-refractivity contribution in [2.24, 2.45) is 17.6 Å². The molecule has 6 nitrogen and oxygen atoms in total. The number of hydrogen-bond acceptors (Lipinski definition) is 5. The van der Waals surface area contributed by atoms with Gasteiger partial charge < -0.3 is 16.0 Å². The van der Waals surface area contributed by atoms with Gasteiger partial charge in [-0.05, 0) is 75.2 Å². The molecule has 0 bridgehead atoms. The molecule has 0 spiro atoms. The number of carbonyl (C=O) groups excluding carboxylic acids is 2. The monoisotopic (exact) mass is 486 g/mol. The lowest BCUT2D eigenvalue weighted by Crippen LogP contribution is -2.50. The van der Waals surface area contributed by atoms with Gasteiger partial charge in [0.25, 0.3) is 0 Å². The molecule has 4 fully saturated rings. The molecule has 1 aromatic heterocycles. The fourth-order valence-electron chi connectivity index (χ4n) is 6.34. The molecule has 0 aromatic carbocycles. The average Bonchev–Trinajstić information content (AvgIpc) is 3.38. The first kappa shape index (κ1) is 24.3. The summed E-state index contributed by atoms with van der Waals surface area (Å²) < 4.78 is 0. The van der Waals surface area contributed by atoms with Crippen molar-refractivity contribution in [3.8, 4) is 0 Å².